The van der Waals surface area contributed by atoms with Crippen LogP contribution in [-0.4, -0.2) is 5.75 Å². The Morgan fingerprint density at radius 3 is 2.00 bits per heavy atom. The van der Waals surface area contributed by atoms with Crippen molar-refractivity contribution in [2.75, 3.05) is 5.75 Å². The van der Waals surface area contributed by atoms with E-state index in [1.54, 1.807) is 6.08 Å². The molecule has 0 radical (unpaired) electrons. The Hall–Kier alpha value is 0.830. The minimum absolute atomic E-state index is 0. The molecule has 0 aromatic heterocycles. The molecule has 0 aliphatic carbocycles. The molecular formula is C3H5AgS. The van der Waals surface area contributed by atoms with Gasteiger partial charge in [-0.3, -0.25) is 0 Å². The summed E-state index contributed by atoms with van der Waals surface area (Å²) < 4.78 is 0. The van der Waals surface area contributed by atoms with Crippen molar-refractivity contribution in [3.63, 3.8) is 0 Å². The van der Waals surface area contributed by atoms with Gasteiger partial charge in [-0.05, 0) is 0 Å². The number of hydrogen-bond donors (Lipinski definition) is 0. The molecule has 0 bridgehead atoms. The van der Waals surface area contributed by atoms with E-state index in [1.165, 1.54) is 0 Å². The first-order chi connectivity index (χ1) is 1.91. The summed E-state index contributed by atoms with van der Waals surface area (Å²) in [6.45, 7) is 3.38. The Labute approximate surface area is 53.6 Å². The summed E-state index contributed by atoms with van der Waals surface area (Å²) in [6, 6.07) is 0. The fourth-order valence-electron chi connectivity index (χ4n) is 0. The summed E-state index contributed by atoms with van der Waals surface area (Å²) in [5, 5.41) is 0. The SMILES string of the molecule is C=CC[S-].[Ag+]. The molecule has 0 unspecified atom stereocenters. The molecule has 0 atom stereocenters. The van der Waals surface area contributed by atoms with Gasteiger partial charge in [0.05, 0.1) is 0 Å². The molecule has 0 rings (SSSR count). The Bertz CT molecular complexity index is 20.9. The van der Waals surface area contributed by atoms with E-state index < -0.39 is 0 Å². The third-order valence-corrected chi connectivity index (χ3v) is 0.354. The molecule has 0 spiro atoms. The van der Waals surface area contributed by atoms with Crippen molar-refractivity contribution in [2.45, 2.75) is 0 Å². The molecule has 0 amide bonds. The van der Waals surface area contributed by atoms with Crippen molar-refractivity contribution in [3.8, 4) is 0 Å². The third kappa shape index (κ3) is 11.6. The minimum Gasteiger partial charge on any atom is -0.789 e. The third-order valence-electron chi connectivity index (χ3n) is 0.118. The van der Waals surface area contributed by atoms with Gasteiger partial charge in [-0.2, -0.15) is 5.75 Å². The van der Waals surface area contributed by atoms with Gasteiger partial charge in [0.1, 0.15) is 0 Å². The second-order valence-electron chi connectivity index (χ2n) is 0.455. The Morgan fingerprint density at radius 2 is 2.00 bits per heavy atom. The van der Waals surface area contributed by atoms with Crippen LogP contribution in [0.4, 0.5) is 0 Å². The first-order valence-corrected chi connectivity index (χ1v) is 1.68. The van der Waals surface area contributed by atoms with E-state index in [1.807, 2.05) is 0 Å². The summed E-state index contributed by atoms with van der Waals surface area (Å²) in [7, 11) is 0. The van der Waals surface area contributed by atoms with Crippen molar-refractivity contribution in [1.82, 2.24) is 0 Å². The van der Waals surface area contributed by atoms with Crippen LogP contribution >= 0.6 is 0 Å². The van der Waals surface area contributed by atoms with Crippen LogP contribution in [0.15, 0.2) is 12.7 Å². The summed E-state index contributed by atoms with van der Waals surface area (Å²) >= 11 is 4.44. The van der Waals surface area contributed by atoms with Crippen LogP contribution in [0.1, 0.15) is 0 Å². The van der Waals surface area contributed by atoms with Gasteiger partial charge in [0.2, 0.25) is 0 Å². The maximum Gasteiger partial charge on any atom is 1.00 e. The van der Waals surface area contributed by atoms with E-state index in [2.05, 4.69) is 19.2 Å². The second kappa shape index (κ2) is 8.85. The molecular weight excluding hydrogens is 176 g/mol. The summed E-state index contributed by atoms with van der Waals surface area (Å²) in [6.07, 6.45) is 1.69. The first kappa shape index (κ1) is 9.27. The normalized spacial score (nSPS) is 5.00. The molecule has 0 saturated carbocycles. The quantitative estimate of drug-likeness (QED) is 0.326. The van der Waals surface area contributed by atoms with E-state index in [-0.39, 0.29) is 22.4 Å². The Kier molecular flexibility index (Phi) is 16.4. The predicted molar refractivity (Wildman–Crippen MR) is 22.4 cm³/mol. The zero-order chi connectivity index (χ0) is 3.41. The number of hydrogen-bond acceptors (Lipinski definition) is 1. The molecule has 0 nitrogen and oxygen atoms in total. The molecule has 0 fully saturated rings. The maximum absolute atomic E-state index is 4.44. The van der Waals surface area contributed by atoms with Crippen LogP contribution in [0.3, 0.4) is 0 Å². The maximum atomic E-state index is 4.44. The number of rotatable bonds is 1. The van der Waals surface area contributed by atoms with Crippen LogP contribution < -0.4 is 0 Å². The van der Waals surface area contributed by atoms with E-state index in [0.717, 1.165) is 0 Å². The predicted octanol–water partition coefficient (Wildman–Crippen LogP) is 0.717. The van der Waals surface area contributed by atoms with E-state index in [4.69, 9.17) is 0 Å². The Morgan fingerprint density at radius 1 is 1.80 bits per heavy atom. The molecule has 0 aromatic carbocycles. The van der Waals surface area contributed by atoms with Crippen LogP contribution in [0.25, 0.3) is 0 Å². The van der Waals surface area contributed by atoms with Gasteiger partial charge < -0.3 is 12.6 Å². The van der Waals surface area contributed by atoms with E-state index in [9.17, 15) is 0 Å². The van der Waals surface area contributed by atoms with Crippen LogP contribution in [-0.2, 0) is 35.0 Å². The topological polar surface area (TPSA) is 0 Å². The molecule has 34 valence electrons. The van der Waals surface area contributed by atoms with Crippen molar-refractivity contribution >= 4 is 12.6 Å². The van der Waals surface area contributed by atoms with Crippen LogP contribution in [0.2, 0.25) is 0 Å². The average molecular weight is 181 g/mol. The van der Waals surface area contributed by atoms with Crippen LogP contribution in [0, 0.1) is 0 Å². The van der Waals surface area contributed by atoms with Gasteiger partial charge in [0.15, 0.2) is 0 Å². The fraction of sp³-hybridized carbons (Fsp3) is 0.333. The van der Waals surface area contributed by atoms with Crippen molar-refractivity contribution in [3.05, 3.63) is 12.7 Å². The van der Waals surface area contributed by atoms with E-state index >= 15 is 0 Å². The van der Waals surface area contributed by atoms with Gasteiger partial charge in [-0.1, -0.05) is 0 Å². The second-order valence-corrected chi connectivity index (χ2v) is 0.789. The fourth-order valence-corrected chi connectivity index (χ4v) is 0. The smallest absolute Gasteiger partial charge is 0.789 e. The zero-order valence-electron chi connectivity index (χ0n) is 2.70. The molecule has 2 heteroatoms. The van der Waals surface area contributed by atoms with Gasteiger partial charge in [0, 0.05) is 0 Å². The van der Waals surface area contributed by atoms with Gasteiger partial charge >= 0.3 is 22.4 Å². The van der Waals surface area contributed by atoms with Crippen LogP contribution in [0.5, 0.6) is 0 Å². The largest absolute Gasteiger partial charge is 1.00 e. The Balaban J connectivity index is 0. The summed E-state index contributed by atoms with van der Waals surface area (Å²) in [4.78, 5) is 0. The monoisotopic (exact) mass is 180 g/mol. The van der Waals surface area contributed by atoms with E-state index in [0.29, 0.717) is 5.75 Å². The average Bonchev–Trinajstić information content (AvgIpc) is 1.37. The molecule has 0 heterocycles. The van der Waals surface area contributed by atoms with Gasteiger partial charge in [-0.15, -0.1) is 12.7 Å². The van der Waals surface area contributed by atoms with Crippen molar-refractivity contribution in [1.29, 1.82) is 0 Å². The standard InChI is InChI=1S/C3H6S.Ag/c1-2-3-4;/h2,4H,1,3H2;/q;+1/p-1. The van der Waals surface area contributed by atoms with Gasteiger partial charge in [-0.25, -0.2) is 0 Å². The molecule has 0 aliphatic heterocycles. The first-order valence-electron chi connectivity index (χ1n) is 1.11. The van der Waals surface area contributed by atoms with Gasteiger partial charge in [0.25, 0.3) is 0 Å². The molecule has 0 aliphatic rings. The van der Waals surface area contributed by atoms with Crippen molar-refractivity contribution < 1.29 is 22.4 Å². The van der Waals surface area contributed by atoms with Crippen molar-refractivity contribution in [2.24, 2.45) is 0 Å². The zero-order valence-corrected chi connectivity index (χ0v) is 5.00. The molecule has 5 heavy (non-hydrogen) atoms. The molecule has 0 aromatic rings. The molecule has 0 N–H and O–H groups in total. The minimum atomic E-state index is 0. The summed E-state index contributed by atoms with van der Waals surface area (Å²) in [5.74, 6) is 0.667. The summed E-state index contributed by atoms with van der Waals surface area (Å²) in [5.41, 5.74) is 0. The molecule has 0 saturated heterocycles.